The molecule has 1 aliphatic carbocycles. The summed E-state index contributed by atoms with van der Waals surface area (Å²) in [6.07, 6.45) is 6.43. The molecule has 1 aromatic heterocycles. The van der Waals surface area contributed by atoms with Gasteiger partial charge in [0.2, 0.25) is 5.75 Å². The number of aromatic nitrogens is 2. The number of halogens is 4. The van der Waals surface area contributed by atoms with E-state index in [2.05, 4.69) is 52.9 Å². The summed E-state index contributed by atoms with van der Waals surface area (Å²) in [5.74, 6) is 0.649. The second-order valence-corrected chi connectivity index (χ2v) is 12.6. The monoisotopic (exact) mass is 750 g/mol. The van der Waals surface area contributed by atoms with E-state index in [9.17, 15) is 14.9 Å². The van der Waals surface area contributed by atoms with Crippen LogP contribution in [-0.4, -0.2) is 20.8 Å². The van der Waals surface area contributed by atoms with Crippen molar-refractivity contribution in [3.05, 3.63) is 104 Å². The Hall–Kier alpha value is -2.60. The first-order chi connectivity index (χ1) is 19.2. The smallest absolute Gasteiger partial charge is 0.313 e. The second-order valence-electron chi connectivity index (χ2n) is 9.45. The van der Waals surface area contributed by atoms with E-state index in [1.165, 1.54) is 23.0 Å². The van der Waals surface area contributed by atoms with Crippen molar-refractivity contribution in [3.8, 4) is 5.75 Å². The summed E-state index contributed by atoms with van der Waals surface area (Å²) in [5.41, 5.74) is 1.03. The first kappa shape index (κ1) is 28.9. The van der Waals surface area contributed by atoms with Gasteiger partial charge in [-0.1, -0.05) is 84.7 Å². The average molecular weight is 754 g/mol. The molecule has 0 bridgehead atoms. The van der Waals surface area contributed by atoms with Gasteiger partial charge in [0.15, 0.2) is 0 Å². The van der Waals surface area contributed by atoms with Crippen LogP contribution in [0.3, 0.4) is 0 Å². The Morgan fingerprint density at radius 1 is 1.07 bits per heavy atom. The van der Waals surface area contributed by atoms with Crippen LogP contribution in [0.2, 0.25) is 5.02 Å². The van der Waals surface area contributed by atoms with Gasteiger partial charge in [-0.2, -0.15) is 9.78 Å². The molecule has 40 heavy (non-hydrogen) atoms. The lowest BCUT2D eigenvalue weighted by Gasteiger charge is -2.22. The van der Waals surface area contributed by atoms with E-state index in [-0.39, 0.29) is 40.1 Å². The molecule has 1 aliphatic rings. The maximum Gasteiger partial charge on any atom is 0.313 e. The number of nitro benzene ring substituents is 1. The number of fused-ring (bicyclic) bond motifs is 1. The molecule has 0 amide bonds. The molecule has 0 radical (unpaired) electrons. The van der Waals surface area contributed by atoms with E-state index in [1.54, 1.807) is 6.07 Å². The molecule has 12 heteroatoms. The summed E-state index contributed by atoms with van der Waals surface area (Å²) in [7, 11) is 0. The van der Waals surface area contributed by atoms with Crippen molar-refractivity contribution in [2.75, 3.05) is 0 Å². The number of hydrogen-bond donors (Lipinski definition) is 0. The lowest BCUT2D eigenvalue weighted by atomic mass is 9.88. The summed E-state index contributed by atoms with van der Waals surface area (Å²) in [6.45, 7) is 0.0516. The van der Waals surface area contributed by atoms with Crippen molar-refractivity contribution >= 4 is 82.2 Å². The lowest BCUT2D eigenvalue weighted by molar-refractivity contribution is -0.385. The third-order valence-corrected chi connectivity index (χ3v) is 8.71. The molecule has 0 spiro atoms. The molecule has 1 fully saturated rings. The Bertz CT molecular complexity index is 1700. The van der Waals surface area contributed by atoms with Gasteiger partial charge in [-0.15, -0.1) is 0 Å². The number of rotatable bonds is 7. The Labute approximate surface area is 259 Å². The zero-order chi connectivity index (χ0) is 28.4. The Kier molecular flexibility index (Phi) is 9.04. The van der Waals surface area contributed by atoms with Gasteiger partial charge in [-0.25, -0.2) is 4.98 Å². The highest BCUT2D eigenvalue weighted by Gasteiger charge is 2.24. The Morgan fingerprint density at radius 3 is 2.52 bits per heavy atom. The molecule has 1 heterocycles. The third kappa shape index (κ3) is 6.32. The van der Waals surface area contributed by atoms with Crippen LogP contribution in [-0.2, 0) is 6.61 Å². The van der Waals surface area contributed by atoms with E-state index < -0.39 is 4.92 Å². The van der Waals surface area contributed by atoms with Gasteiger partial charge in [0.05, 0.1) is 22.0 Å². The van der Waals surface area contributed by atoms with Gasteiger partial charge in [-0.3, -0.25) is 14.9 Å². The zero-order valence-electron chi connectivity index (χ0n) is 20.9. The number of hydrogen-bond acceptors (Lipinski definition) is 6. The summed E-state index contributed by atoms with van der Waals surface area (Å²) in [5, 5.41) is 17.1. The highest BCUT2D eigenvalue weighted by Crippen LogP contribution is 2.36. The zero-order valence-corrected chi connectivity index (χ0v) is 26.5. The van der Waals surface area contributed by atoms with Gasteiger partial charge in [0.25, 0.3) is 5.56 Å². The van der Waals surface area contributed by atoms with Crippen molar-refractivity contribution in [2.24, 2.45) is 5.10 Å². The third-order valence-electron chi connectivity index (χ3n) is 6.76. The molecule has 0 atom stereocenters. The predicted molar refractivity (Wildman–Crippen MR) is 167 cm³/mol. The number of nitrogens with zero attached hydrogens (tertiary/aromatic N) is 4. The molecular formula is C28H22Br3ClN4O4. The van der Waals surface area contributed by atoms with Gasteiger partial charge < -0.3 is 4.74 Å². The fourth-order valence-corrected chi connectivity index (χ4v) is 6.54. The van der Waals surface area contributed by atoms with Gasteiger partial charge in [0.1, 0.15) is 12.4 Å². The average Bonchev–Trinajstić information content (AvgIpc) is 2.93. The van der Waals surface area contributed by atoms with Crippen LogP contribution in [0, 0.1) is 10.1 Å². The van der Waals surface area contributed by atoms with Crippen molar-refractivity contribution in [2.45, 2.75) is 44.6 Å². The van der Waals surface area contributed by atoms with E-state index in [0.29, 0.717) is 16.7 Å². The van der Waals surface area contributed by atoms with Gasteiger partial charge >= 0.3 is 5.69 Å². The standard InChI is InChI=1S/C28H22Br3ClN4O4/c29-19-8-9-24-22(11-19)28(37)35(27(34-24)16-4-2-1-3-5-16)33-14-18-10-21(32)13-25(36(38)39)26(18)40-15-17-6-7-20(30)12-23(17)31/h6-14,16H,1-5,15H2. The SMILES string of the molecule is O=c1c2cc(Br)ccc2nc(C2CCCCC2)n1N=Cc1cc(Cl)cc([N+](=O)[O-])c1OCc1ccc(Br)cc1Br. The lowest BCUT2D eigenvalue weighted by Crippen LogP contribution is -2.25. The topological polar surface area (TPSA) is 99.6 Å². The van der Waals surface area contributed by atoms with Crippen LogP contribution in [0.5, 0.6) is 5.75 Å². The Balaban J connectivity index is 1.61. The molecule has 4 aromatic rings. The maximum absolute atomic E-state index is 13.7. The fraction of sp³-hybridized carbons (Fsp3) is 0.250. The van der Waals surface area contributed by atoms with Crippen LogP contribution in [0.4, 0.5) is 5.69 Å². The summed E-state index contributed by atoms with van der Waals surface area (Å²) in [4.78, 5) is 29.9. The largest absolute Gasteiger partial charge is 0.481 e. The quantitative estimate of drug-likeness (QED) is 0.107. The van der Waals surface area contributed by atoms with Gasteiger partial charge in [0, 0.05) is 41.6 Å². The van der Waals surface area contributed by atoms with Crippen LogP contribution in [0.15, 0.2) is 71.8 Å². The van der Waals surface area contributed by atoms with Crippen LogP contribution in [0.25, 0.3) is 10.9 Å². The minimum Gasteiger partial charge on any atom is -0.481 e. The van der Waals surface area contributed by atoms with Crippen molar-refractivity contribution in [3.63, 3.8) is 0 Å². The summed E-state index contributed by atoms with van der Waals surface area (Å²) >= 11 is 16.6. The molecule has 5 rings (SSSR count). The van der Waals surface area contributed by atoms with Crippen molar-refractivity contribution in [1.29, 1.82) is 0 Å². The number of nitro groups is 1. The molecule has 8 nitrogen and oxygen atoms in total. The first-order valence-corrected chi connectivity index (χ1v) is 15.3. The predicted octanol–water partition coefficient (Wildman–Crippen LogP) is 8.75. The normalized spacial score (nSPS) is 14.2. The van der Waals surface area contributed by atoms with Crippen LogP contribution in [0.1, 0.15) is 55.0 Å². The highest BCUT2D eigenvalue weighted by atomic mass is 79.9. The molecule has 0 N–H and O–H groups in total. The van der Waals surface area contributed by atoms with Crippen LogP contribution >= 0.6 is 59.4 Å². The fourth-order valence-electron chi connectivity index (χ4n) is 4.80. The Morgan fingerprint density at radius 2 is 1.80 bits per heavy atom. The molecule has 3 aromatic carbocycles. The highest BCUT2D eigenvalue weighted by molar-refractivity contribution is 9.11. The summed E-state index contributed by atoms with van der Waals surface area (Å²) in [6, 6.07) is 13.7. The summed E-state index contributed by atoms with van der Waals surface area (Å²) < 4.78 is 9.72. The molecular weight excluding hydrogens is 731 g/mol. The van der Waals surface area contributed by atoms with E-state index >= 15 is 0 Å². The van der Waals surface area contributed by atoms with E-state index in [1.807, 2.05) is 30.3 Å². The minimum atomic E-state index is -0.552. The minimum absolute atomic E-state index is 0.00303. The van der Waals surface area contributed by atoms with Gasteiger partial charge in [-0.05, 0) is 49.2 Å². The number of ether oxygens (including phenoxy) is 1. The molecule has 0 unspecified atom stereocenters. The molecule has 0 aliphatic heterocycles. The molecule has 1 saturated carbocycles. The van der Waals surface area contributed by atoms with E-state index in [0.717, 1.165) is 51.1 Å². The first-order valence-electron chi connectivity index (χ1n) is 12.5. The maximum atomic E-state index is 13.7. The van der Waals surface area contributed by atoms with Crippen molar-refractivity contribution in [1.82, 2.24) is 9.66 Å². The molecule has 0 saturated heterocycles. The number of benzene rings is 3. The van der Waals surface area contributed by atoms with E-state index in [4.69, 9.17) is 21.3 Å². The van der Waals surface area contributed by atoms with Crippen LogP contribution < -0.4 is 10.3 Å². The molecule has 206 valence electrons. The van der Waals surface area contributed by atoms with Crippen molar-refractivity contribution < 1.29 is 9.66 Å². The second kappa shape index (κ2) is 12.5.